The van der Waals surface area contributed by atoms with E-state index in [0.717, 1.165) is 5.56 Å². The van der Waals surface area contributed by atoms with E-state index in [1.54, 1.807) is 42.5 Å². The maximum atomic E-state index is 13.1. The van der Waals surface area contributed by atoms with Gasteiger partial charge in [-0.3, -0.25) is 9.10 Å². The van der Waals surface area contributed by atoms with E-state index in [2.05, 4.69) is 5.32 Å². The molecule has 0 atom stereocenters. The van der Waals surface area contributed by atoms with E-state index < -0.39 is 10.0 Å². The van der Waals surface area contributed by atoms with E-state index in [0.29, 0.717) is 25.1 Å². The van der Waals surface area contributed by atoms with Crippen LogP contribution in [0.2, 0.25) is 0 Å². The summed E-state index contributed by atoms with van der Waals surface area (Å²) in [6, 6.07) is 26.9. The second-order valence-corrected chi connectivity index (χ2v) is 8.45. The van der Waals surface area contributed by atoms with Gasteiger partial charge in [0, 0.05) is 13.1 Å². The van der Waals surface area contributed by atoms with Crippen LogP contribution in [-0.2, 0) is 21.2 Å². The molecule has 0 heterocycles. The second-order valence-electron chi connectivity index (χ2n) is 6.59. The molecule has 6 heteroatoms. The number of hydrogen-bond acceptors (Lipinski definition) is 3. The Hall–Kier alpha value is -3.12. The van der Waals surface area contributed by atoms with Crippen LogP contribution in [0.1, 0.15) is 12.0 Å². The molecule has 150 valence electrons. The Kier molecular flexibility index (Phi) is 7.03. The summed E-state index contributed by atoms with van der Waals surface area (Å²) in [5, 5.41) is 2.87. The molecule has 5 nitrogen and oxygen atoms in total. The highest BCUT2D eigenvalue weighted by molar-refractivity contribution is 7.92. The lowest BCUT2D eigenvalue weighted by molar-refractivity contribution is -0.120. The predicted octanol–water partition coefficient (Wildman–Crippen LogP) is 3.63. The van der Waals surface area contributed by atoms with Gasteiger partial charge in [0.1, 0.15) is 0 Å². The first kappa shape index (κ1) is 20.6. The summed E-state index contributed by atoms with van der Waals surface area (Å²) in [6.45, 7) is 0.673. The molecule has 0 aliphatic carbocycles. The second kappa shape index (κ2) is 9.89. The lowest BCUT2D eigenvalue weighted by Gasteiger charge is -2.24. The van der Waals surface area contributed by atoms with Crippen LogP contribution in [-0.4, -0.2) is 27.4 Å². The number of hydrogen-bond donors (Lipinski definition) is 1. The van der Waals surface area contributed by atoms with Gasteiger partial charge in [-0.2, -0.15) is 0 Å². The van der Waals surface area contributed by atoms with E-state index >= 15 is 0 Å². The molecular formula is C23H24N2O3S. The van der Waals surface area contributed by atoms with Gasteiger partial charge in [-0.1, -0.05) is 66.7 Å². The molecule has 3 rings (SSSR count). The molecule has 29 heavy (non-hydrogen) atoms. The molecule has 0 unspecified atom stereocenters. The van der Waals surface area contributed by atoms with Gasteiger partial charge in [-0.25, -0.2) is 8.42 Å². The highest BCUT2D eigenvalue weighted by Crippen LogP contribution is 2.23. The average Bonchev–Trinajstić information content (AvgIpc) is 2.75. The molecule has 3 aromatic rings. The number of benzene rings is 3. The zero-order valence-corrected chi connectivity index (χ0v) is 16.9. The Morgan fingerprint density at radius 2 is 1.34 bits per heavy atom. The maximum absolute atomic E-state index is 13.1. The van der Waals surface area contributed by atoms with Crippen molar-refractivity contribution in [3.63, 3.8) is 0 Å². The van der Waals surface area contributed by atoms with Gasteiger partial charge < -0.3 is 5.32 Å². The van der Waals surface area contributed by atoms with Crippen molar-refractivity contribution in [2.24, 2.45) is 0 Å². The van der Waals surface area contributed by atoms with Crippen LogP contribution in [0.5, 0.6) is 0 Å². The fourth-order valence-electron chi connectivity index (χ4n) is 3.00. The average molecular weight is 409 g/mol. The van der Waals surface area contributed by atoms with Crippen molar-refractivity contribution in [2.75, 3.05) is 17.4 Å². The van der Waals surface area contributed by atoms with Gasteiger partial charge in [-0.05, 0) is 36.2 Å². The predicted molar refractivity (Wildman–Crippen MR) is 115 cm³/mol. The van der Waals surface area contributed by atoms with Crippen LogP contribution in [0, 0.1) is 0 Å². The molecule has 0 bridgehead atoms. The SMILES string of the molecule is O=C(Cc1ccccc1)NCCCN(c1ccccc1)S(=O)(=O)c1ccccc1. The van der Waals surface area contributed by atoms with Crippen LogP contribution in [0.15, 0.2) is 95.9 Å². The summed E-state index contributed by atoms with van der Waals surface area (Å²) >= 11 is 0. The summed E-state index contributed by atoms with van der Waals surface area (Å²) in [6.07, 6.45) is 0.813. The standard InChI is InChI=1S/C23H24N2O3S/c26-23(19-20-11-4-1-5-12-20)24-17-10-18-25(21-13-6-2-7-14-21)29(27,28)22-15-8-3-9-16-22/h1-9,11-16H,10,17-19H2,(H,24,26). The summed E-state index contributed by atoms with van der Waals surface area (Å²) in [7, 11) is -3.68. The van der Waals surface area contributed by atoms with Crippen LogP contribution < -0.4 is 9.62 Å². The van der Waals surface area contributed by atoms with E-state index in [4.69, 9.17) is 0 Å². The van der Waals surface area contributed by atoms with E-state index in [1.165, 1.54) is 4.31 Å². The number of nitrogens with zero attached hydrogens (tertiary/aromatic N) is 1. The van der Waals surface area contributed by atoms with Crippen LogP contribution in [0.3, 0.4) is 0 Å². The Balaban J connectivity index is 1.63. The lowest BCUT2D eigenvalue weighted by Crippen LogP contribution is -2.34. The van der Waals surface area contributed by atoms with Gasteiger partial charge in [0.2, 0.25) is 5.91 Å². The molecule has 0 spiro atoms. The van der Waals surface area contributed by atoms with Gasteiger partial charge in [0.15, 0.2) is 0 Å². The number of amides is 1. The Morgan fingerprint density at radius 1 is 0.793 bits per heavy atom. The monoisotopic (exact) mass is 408 g/mol. The minimum Gasteiger partial charge on any atom is -0.356 e. The minimum absolute atomic E-state index is 0.0756. The van der Waals surface area contributed by atoms with Crippen molar-refractivity contribution >= 4 is 21.6 Å². The van der Waals surface area contributed by atoms with E-state index in [9.17, 15) is 13.2 Å². The fraction of sp³-hybridized carbons (Fsp3) is 0.174. The van der Waals surface area contributed by atoms with Crippen molar-refractivity contribution in [1.82, 2.24) is 5.32 Å². The van der Waals surface area contributed by atoms with Crippen molar-refractivity contribution in [2.45, 2.75) is 17.7 Å². The third-order valence-corrected chi connectivity index (χ3v) is 6.28. The van der Waals surface area contributed by atoms with Gasteiger partial charge in [-0.15, -0.1) is 0 Å². The molecule has 1 amide bonds. The van der Waals surface area contributed by atoms with Crippen molar-refractivity contribution in [3.05, 3.63) is 96.6 Å². The molecule has 0 saturated heterocycles. The molecule has 0 saturated carbocycles. The Bertz CT molecular complexity index is 1010. The molecule has 0 radical (unpaired) electrons. The van der Waals surface area contributed by atoms with Crippen LogP contribution in [0.4, 0.5) is 5.69 Å². The highest BCUT2D eigenvalue weighted by Gasteiger charge is 2.24. The Labute approximate surface area is 172 Å². The van der Waals surface area contributed by atoms with Crippen molar-refractivity contribution < 1.29 is 13.2 Å². The van der Waals surface area contributed by atoms with Gasteiger partial charge in [0.05, 0.1) is 17.0 Å². The third kappa shape index (κ3) is 5.68. The number of carbonyl (C=O) groups excluding carboxylic acids is 1. The first-order chi connectivity index (χ1) is 14.1. The van der Waals surface area contributed by atoms with E-state index in [-0.39, 0.29) is 17.3 Å². The smallest absolute Gasteiger partial charge is 0.264 e. The molecule has 0 fully saturated rings. The third-order valence-electron chi connectivity index (χ3n) is 4.44. The first-order valence-electron chi connectivity index (χ1n) is 9.51. The topological polar surface area (TPSA) is 66.5 Å². The summed E-state index contributed by atoms with van der Waals surface area (Å²) in [5.74, 6) is -0.0756. The zero-order valence-electron chi connectivity index (χ0n) is 16.1. The highest BCUT2D eigenvalue weighted by atomic mass is 32.2. The molecule has 0 aliphatic rings. The maximum Gasteiger partial charge on any atom is 0.264 e. The first-order valence-corrected chi connectivity index (χ1v) is 10.9. The zero-order chi connectivity index (χ0) is 20.5. The van der Waals surface area contributed by atoms with Gasteiger partial charge >= 0.3 is 0 Å². The largest absolute Gasteiger partial charge is 0.356 e. The van der Waals surface area contributed by atoms with Crippen molar-refractivity contribution in [1.29, 1.82) is 0 Å². The quantitative estimate of drug-likeness (QED) is 0.550. The number of para-hydroxylation sites is 1. The van der Waals surface area contributed by atoms with Crippen LogP contribution in [0.25, 0.3) is 0 Å². The number of carbonyl (C=O) groups is 1. The summed E-state index contributed by atoms with van der Waals surface area (Å²) in [4.78, 5) is 12.3. The molecule has 1 N–H and O–H groups in total. The lowest BCUT2D eigenvalue weighted by atomic mass is 10.1. The summed E-state index contributed by atoms with van der Waals surface area (Å²) in [5.41, 5.74) is 1.55. The fourth-order valence-corrected chi connectivity index (χ4v) is 4.52. The van der Waals surface area contributed by atoms with Crippen molar-refractivity contribution in [3.8, 4) is 0 Å². The van der Waals surface area contributed by atoms with Crippen LogP contribution >= 0.6 is 0 Å². The number of anilines is 1. The number of nitrogens with one attached hydrogen (secondary N) is 1. The minimum atomic E-state index is -3.68. The number of rotatable bonds is 9. The molecule has 0 aromatic heterocycles. The molecular weight excluding hydrogens is 384 g/mol. The normalized spacial score (nSPS) is 11.0. The Morgan fingerprint density at radius 3 is 1.97 bits per heavy atom. The molecule has 0 aliphatic heterocycles. The van der Waals surface area contributed by atoms with Gasteiger partial charge in [0.25, 0.3) is 10.0 Å². The number of sulfonamides is 1. The summed E-state index contributed by atoms with van der Waals surface area (Å²) < 4.78 is 27.7. The molecule has 3 aromatic carbocycles. The van der Waals surface area contributed by atoms with E-state index in [1.807, 2.05) is 48.5 Å².